The molecular weight excluding hydrogens is 548 g/mol. The van der Waals surface area contributed by atoms with Crippen molar-refractivity contribution in [1.29, 1.82) is 0 Å². The zero-order chi connectivity index (χ0) is 29.5. The fourth-order valence-corrected chi connectivity index (χ4v) is 6.18. The molecule has 0 aliphatic carbocycles. The molecule has 5 rings (SSSR count). The van der Waals surface area contributed by atoms with E-state index in [1.807, 2.05) is 73.3 Å². The molecule has 0 unspecified atom stereocenters. The molecule has 0 bridgehead atoms. The summed E-state index contributed by atoms with van der Waals surface area (Å²) in [5, 5.41) is 16.1. The Bertz CT molecular complexity index is 1470. The second-order valence-corrected chi connectivity index (χ2v) is 11.5. The number of aryl methyl sites for hydroxylation is 1. The highest BCUT2D eigenvalue weighted by Gasteiger charge is 2.38. The average molecular weight is 587 g/mol. The van der Waals surface area contributed by atoms with Crippen LogP contribution in [0.3, 0.4) is 0 Å². The van der Waals surface area contributed by atoms with Crippen LogP contribution in [0.4, 0.5) is 4.79 Å². The lowest BCUT2D eigenvalue weighted by Gasteiger charge is -2.41. The highest BCUT2D eigenvalue weighted by Crippen LogP contribution is 2.43. The topological polar surface area (TPSA) is 97.6 Å². The van der Waals surface area contributed by atoms with Gasteiger partial charge in [-0.05, 0) is 46.9 Å². The van der Waals surface area contributed by atoms with Gasteiger partial charge in [0, 0.05) is 49.8 Å². The fraction of sp³-hybridized carbons (Fsp3) is 0.333. The van der Waals surface area contributed by atoms with E-state index in [-0.39, 0.29) is 30.8 Å². The van der Waals surface area contributed by atoms with E-state index in [0.717, 1.165) is 44.3 Å². The number of benzene rings is 3. The lowest BCUT2D eigenvalue weighted by molar-refractivity contribution is -0.268. The predicted octanol–water partition coefficient (Wildman–Crippen LogP) is 5.98. The van der Waals surface area contributed by atoms with Crippen molar-refractivity contribution in [2.45, 2.75) is 50.7 Å². The van der Waals surface area contributed by atoms with Gasteiger partial charge in [-0.2, -0.15) is 0 Å². The number of hydrogen-bond donors (Lipinski definition) is 3. The molecule has 3 aromatic carbocycles. The Balaban J connectivity index is 1.39. The Labute approximate surface area is 251 Å². The molecule has 2 amide bonds. The highest BCUT2D eigenvalue weighted by atomic mass is 32.2. The number of rotatable bonds is 10. The van der Waals surface area contributed by atoms with Crippen LogP contribution in [-0.4, -0.2) is 39.1 Å². The zero-order valence-electron chi connectivity index (χ0n) is 24.2. The SMILES string of the molecule is CCNC(=O)NCc1cccc(-c2cccc([C@H]3O[C@@H](CSc4nccn4C)[C@@H](C)[C@@H](c4ccc(CO)cc4)O3)c2)c1. The summed E-state index contributed by atoms with van der Waals surface area (Å²) in [5.41, 5.74) is 5.97. The van der Waals surface area contributed by atoms with Crippen molar-refractivity contribution in [1.82, 2.24) is 20.2 Å². The van der Waals surface area contributed by atoms with Crippen molar-refractivity contribution in [3.63, 3.8) is 0 Å². The first-order chi connectivity index (χ1) is 20.4. The van der Waals surface area contributed by atoms with E-state index < -0.39 is 6.29 Å². The number of nitrogens with one attached hydrogen (secondary N) is 2. The minimum Gasteiger partial charge on any atom is -0.392 e. The molecule has 1 aliphatic rings. The first-order valence-corrected chi connectivity index (χ1v) is 15.3. The van der Waals surface area contributed by atoms with Crippen molar-refractivity contribution in [3.05, 3.63) is 107 Å². The van der Waals surface area contributed by atoms with Crippen LogP contribution in [0.25, 0.3) is 11.1 Å². The molecule has 4 atom stereocenters. The van der Waals surface area contributed by atoms with Gasteiger partial charge in [0.25, 0.3) is 0 Å². The Kier molecular flexibility index (Phi) is 9.97. The molecule has 1 saturated heterocycles. The monoisotopic (exact) mass is 586 g/mol. The molecule has 220 valence electrons. The summed E-state index contributed by atoms with van der Waals surface area (Å²) in [6.07, 6.45) is 2.93. The number of aliphatic hydroxyl groups is 1. The van der Waals surface area contributed by atoms with Crippen LogP contribution in [0.1, 0.15) is 48.5 Å². The maximum atomic E-state index is 11.9. The number of nitrogens with zero attached hydrogens (tertiary/aromatic N) is 2. The Morgan fingerprint density at radius 3 is 2.45 bits per heavy atom. The molecule has 0 spiro atoms. The normalized spacial score (nSPS) is 20.3. The van der Waals surface area contributed by atoms with Crippen molar-refractivity contribution in [2.75, 3.05) is 12.3 Å². The zero-order valence-corrected chi connectivity index (χ0v) is 25.0. The lowest BCUT2D eigenvalue weighted by Crippen LogP contribution is -2.38. The van der Waals surface area contributed by atoms with E-state index in [1.165, 1.54) is 0 Å². The van der Waals surface area contributed by atoms with Crippen molar-refractivity contribution in [2.24, 2.45) is 13.0 Å². The van der Waals surface area contributed by atoms with Gasteiger partial charge in [0.1, 0.15) is 0 Å². The van der Waals surface area contributed by atoms with Crippen molar-refractivity contribution >= 4 is 17.8 Å². The van der Waals surface area contributed by atoms with E-state index in [2.05, 4.69) is 46.8 Å². The smallest absolute Gasteiger partial charge is 0.315 e. The molecule has 42 heavy (non-hydrogen) atoms. The Morgan fingerprint density at radius 2 is 1.74 bits per heavy atom. The van der Waals surface area contributed by atoms with Gasteiger partial charge in [0.15, 0.2) is 11.4 Å². The average Bonchev–Trinajstić information content (AvgIpc) is 3.44. The number of aromatic nitrogens is 2. The Morgan fingerprint density at radius 1 is 0.976 bits per heavy atom. The molecule has 2 heterocycles. The summed E-state index contributed by atoms with van der Waals surface area (Å²) in [7, 11) is 1.99. The number of hydrogen-bond acceptors (Lipinski definition) is 6. The summed E-state index contributed by atoms with van der Waals surface area (Å²) in [6, 6.07) is 24.2. The molecule has 1 aliphatic heterocycles. The van der Waals surface area contributed by atoms with E-state index in [4.69, 9.17) is 9.47 Å². The van der Waals surface area contributed by atoms with Gasteiger partial charge >= 0.3 is 6.03 Å². The Hall–Kier alpha value is -3.63. The summed E-state index contributed by atoms with van der Waals surface area (Å²) in [5.74, 6) is 0.823. The fourth-order valence-electron chi connectivity index (χ4n) is 5.09. The van der Waals surface area contributed by atoms with Crippen LogP contribution in [0.5, 0.6) is 0 Å². The predicted molar refractivity (Wildman–Crippen MR) is 165 cm³/mol. The highest BCUT2D eigenvalue weighted by molar-refractivity contribution is 7.99. The third kappa shape index (κ3) is 7.22. The van der Waals surface area contributed by atoms with E-state index in [9.17, 15) is 9.90 Å². The van der Waals surface area contributed by atoms with Crippen LogP contribution >= 0.6 is 11.8 Å². The number of carbonyl (C=O) groups excluding carboxylic acids is 1. The molecule has 0 radical (unpaired) electrons. The van der Waals surface area contributed by atoms with Crippen LogP contribution in [0.2, 0.25) is 0 Å². The van der Waals surface area contributed by atoms with Crippen LogP contribution < -0.4 is 10.6 Å². The number of urea groups is 1. The minimum absolute atomic E-state index is 0.00597. The van der Waals surface area contributed by atoms with Gasteiger partial charge in [-0.15, -0.1) is 0 Å². The quantitative estimate of drug-likeness (QED) is 0.198. The summed E-state index contributed by atoms with van der Waals surface area (Å²) < 4.78 is 15.3. The maximum absolute atomic E-state index is 11.9. The van der Waals surface area contributed by atoms with E-state index >= 15 is 0 Å². The number of thioether (sulfide) groups is 1. The largest absolute Gasteiger partial charge is 0.392 e. The molecule has 9 heteroatoms. The summed E-state index contributed by atoms with van der Waals surface area (Å²) >= 11 is 1.68. The van der Waals surface area contributed by atoms with Gasteiger partial charge in [0.05, 0.1) is 18.8 Å². The van der Waals surface area contributed by atoms with Gasteiger partial charge in [-0.1, -0.05) is 79.3 Å². The molecule has 8 nitrogen and oxygen atoms in total. The van der Waals surface area contributed by atoms with Crippen LogP contribution in [0, 0.1) is 5.92 Å². The molecule has 4 aromatic rings. The number of aliphatic hydroxyl groups excluding tert-OH is 1. The number of imidazole rings is 1. The van der Waals surface area contributed by atoms with Gasteiger partial charge in [-0.3, -0.25) is 0 Å². The van der Waals surface area contributed by atoms with Crippen molar-refractivity contribution in [3.8, 4) is 11.1 Å². The second kappa shape index (κ2) is 14.0. The van der Waals surface area contributed by atoms with Gasteiger partial charge in [0.2, 0.25) is 0 Å². The maximum Gasteiger partial charge on any atom is 0.315 e. The van der Waals surface area contributed by atoms with Gasteiger partial charge in [-0.25, -0.2) is 9.78 Å². The first kappa shape index (κ1) is 29.8. The number of amides is 2. The first-order valence-electron chi connectivity index (χ1n) is 14.3. The number of carbonyl (C=O) groups is 1. The summed E-state index contributed by atoms with van der Waals surface area (Å²) in [4.78, 5) is 16.3. The summed E-state index contributed by atoms with van der Waals surface area (Å²) in [6.45, 7) is 5.09. The van der Waals surface area contributed by atoms with E-state index in [0.29, 0.717) is 13.1 Å². The molecule has 3 N–H and O–H groups in total. The van der Waals surface area contributed by atoms with Gasteiger partial charge < -0.3 is 29.8 Å². The molecule has 1 aromatic heterocycles. The van der Waals surface area contributed by atoms with Crippen molar-refractivity contribution < 1.29 is 19.4 Å². The lowest BCUT2D eigenvalue weighted by atomic mass is 9.91. The second-order valence-electron chi connectivity index (χ2n) is 10.5. The molecule has 1 fully saturated rings. The standard InChI is InChI=1S/C33H38N4O4S/c1-4-34-32(39)36-19-24-7-5-8-26(17-24)27-9-6-10-28(18-27)31-40-29(21-42-33-35-15-16-37(33)3)22(2)30(41-31)25-13-11-23(20-38)12-14-25/h5-18,22,29-31,38H,4,19-21H2,1-3H3,(H2,34,36,39)/t22-,29+,30+,31+/m1/s1. The molecular formula is C33H38N4O4S. The minimum atomic E-state index is -0.557. The van der Waals surface area contributed by atoms with Crippen LogP contribution in [-0.2, 0) is 29.7 Å². The van der Waals surface area contributed by atoms with E-state index in [1.54, 1.807) is 18.0 Å². The third-order valence-electron chi connectivity index (χ3n) is 7.49. The molecule has 0 saturated carbocycles. The number of ether oxygens (including phenoxy) is 2. The van der Waals surface area contributed by atoms with Crippen LogP contribution in [0.15, 0.2) is 90.3 Å². The third-order valence-corrected chi connectivity index (χ3v) is 8.63.